The molecule has 1 aromatic carbocycles. The third-order valence-corrected chi connectivity index (χ3v) is 2.56. The third-order valence-electron chi connectivity index (χ3n) is 2.56. The molecule has 3 heteroatoms. The number of nitrogens with zero attached hydrogens (tertiary/aromatic N) is 2. The molecule has 3 nitrogen and oxygen atoms in total. The van der Waals surface area contributed by atoms with Gasteiger partial charge in [-0.2, -0.15) is 0 Å². The molecule has 0 aliphatic carbocycles. The van der Waals surface area contributed by atoms with E-state index < -0.39 is 0 Å². The van der Waals surface area contributed by atoms with E-state index in [4.69, 9.17) is 0 Å². The monoisotopic (exact) mass is 185 g/mol. The molecule has 0 unspecified atom stereocenters. The zero-order valence-electron chi connectivity index (χ0n) is 7.83. The molecule has 3 rings (SSSR count). The number of para-hydroxylation sites is 2. The van der Waals surface area contributed by atoms with Crippen LogP contribution in [-0.4, -0.2) is 16.5 Å². The second kappa shape index (κ2) is 3.03. The van der Waals surface area contributed by atoms with Crippen molar-refractivity contribution >= 4 is 11.0 Å². The first-order valence-corrected chi connectivity index (χ1v) is 4.89. The lowest BCUT2D eigenvalue weighted by atomic mass is 10.1. The summed E-state index contributed by atoms with van der Waals surface area (Å²) in [6, 6.07) is 8.03. The summed E-state index contributed by atoms with van der Waals surface area (Å²) in [6.07, 6.45) is 0.993. The molecule has 1 N–H and O–H groups in total. The fourth-order valence-corrected chi connectivity index (χ4v) is 1.83. The molecular weight excluding hydrogens is 174 g/mol. The summed E-state index contributed by atoms with van der Waals surface area (Å²) >= 11 is 0. The van der Waals surface area contributed by atoms with E-state index in [1.54, 1.807) is 0 Å². The first kappa shape index (κ1) is 7.88. The van der Waals surface area contributed by atoms with Crippen molar-refractivity contribution in [3.8, 4) is 0 Å². The van der Waals surface area contributed by atoms with E-state index in [0.29, 0.717) is 0 Å². The quantitative estimate of drug-likeness (QED) is 0.671. The van der Waals surface area contributed by atoms with Gasteiger partial charge < -0.3 is 5.32 Å². The Morgan fingerprint density at radius 1 is 1.00 bits per heavy atom. The van der Waals surface area contributed by atoms with Crippen molar-refractivity contribution < 1.29 is 0 Å². The lowest BCUT2D eigenvalue weighted by molar-refractivity contribution is 0.617. The van der Waals surface area contributed by atoms with Crippen molar-refractivity contribution in [3.63, 3.8) is 0 Å². The smallest absolute Gasteiger partial charge is 0.0890 e. The number of aromatic nitrogens is 2. The standard InChI is InChI=1S/C11H11N3/c1-2-4-9-8(3-1)13-10-5-6-12-7-11(10)14-9/h1-4,12H,5-7H2. The van der Waals surface area contributed by atoms with Gasteiger partial charge in [-0.1, -0.05) is 12.1 Å². The lowest BCUT2D eigenvalue weighted by Gasteiger charge is -2.15. The van der Waals surface area contributed by atoms with Crippen LogP contribution in [-0.2, 0) is 13.0 Å². The van der Waals surface area contributed by atoms with Crippen LogP contribution in [0.1, 0.15) is 11.4 Å². The Morgan fingerprint density at radius 2 is 1.71 bits per heavy atom. The highest BCUT2D eigenvalue weighted by Gasteiger charge is 2.11. The maximum Gasteiger partial charge on any atom is 0.0890 e. The van der Waals surface area contributed by atoms with Crippen LogP contribution in [0.15, 0.2) is 24.3 Å². The molecule has 0 saturated heterocycles. The van der Waals surface area contributed by atoms with Gasteiger partial charge in [0.1, 0.15) is 0 Å². The number of fused-ring (bicyclic) bond motifs is 2. The van der Waals surface area contributed by atoms with Crippen LogP contribution in [0.2, 0.25) is 0 Å². The summed E-state index contributed by atoms with van der Waals surface area (Å²) in [4.78, 5) is 9.20. The number of nitrogens with one attached hydrogen (secondary N) is 1. The Labute approximate surface area is 82.2 Å². The van der Waals surface area contributed by atoms with Crippen LogP contribution in [0.4, 0.5) is 0 Å². The molecule has 1 aromatic heterocycles. The number of rotatable bonds is 0. The van der Waals surface area contributed by atoms with E-state index >= 15 is 0 Å². The van der Waals surface area contributed by atoms with E-state index in [-0.39, 0.29) is 0 Å². The molecule has 1 aliphatic rings. The van der Waals surface area contributed by atoms with E-state index in [1.807, 2.05) is 24.3 Å². The summed E-state index contributed by atoms with van der Waals surface area (Å²) < 4.78 is 0. The maximum atomic E-state index is 4.61. The zero-order chi connectivity index (χ0) is 9.38. The van der Waals surface area contributed by atoms with Gasteiger partial charge in [-0.05, 0) is 12.1 Å². The van der Waals surface area contributed by atoms with Crippen molar-refractivity contribution in [1.82, 2.24) is 15.3 Å². The van der Waals surface area contributed by atoms with Gasteiger partial charge in [-0.25, -0.2) is 9.97 Å². The molecule has 0 fully saturated rings. The Morgan fingerprint density at radius 3 is 2.50 bits per heavy atom. The van der Waals surface area contributed by atoms with Gasteiger partial charge in [0.2, 0.25) is 0 Å². The molecule has 0 radical (unpaired) electrons. The molecule has 2 heterocycles. The van der Waals surface area contributed by atoms with Crippen molar-refractivity contribution in [3.05, 3.63) is 35.7 Å². The van der Waals surface area contributed by atoms with Crippen molar-refractivity contribution in [2.45, 2.75) is 13.0 Å². The molecule has 0 atom stereocenters. The van der Waals surface area contributed by atoms with Crippen LogP contribution in [0.3, 0.4) is 0 Å². The summed E-state index contributed by atoms with van der Waals surface area (Å²) in [5, 5.41) is 3.30. The first-order valence-electron chi connectivity index (χ1n) is 4.89. The summed E-state index contributed by atoms with van der Waals surface area (Å²) in [6.45, 7) is 1.87. The predicted molar refractivity (Wildman–Crippen MR) is 54.9 cm³/mol. The lowest BCUT2D eigenvalue weighted by Crippen LogP contribution is -2.25. The highest BCUT2D eigenvalue weighted by molar-refractivity contribution is 5.74. The van der Waals surface area contributed by atoms with E-state index in [0.717, 1.165) is 41.9 Å². The molecule has 70 valence electrons. The molecule has 0 saturated carbocycles. The topological polar surface area (TPSA) is 37.8 Å². The van der Waals surface area contributed by atoms with Gasteiger partial charge in [0.15, 0.2) is 0 Å². The van der Waals surface area contributed by atoms with Gasteiger partial charge in [0, 0.05) is 19.5 Å². The zero-order valence-corrected chi connectivity index (χ0v) is 7.83. The fraction of sp³-hybridized carbons (Fsp3) is 0.273. The molecule has 1 aliphatic heterocycles. The number of benzene rings is 1. The predicted octanol–water partition coefficient (Wildman–Crippen LogP) is 1.28. The highest BCUT2D eigenvalue weighted by Crippen LogP contribution is 2.14. The van der Waals surface area contributed by atoms with Crippen LogP contribution in [0.5, 0.6) is 0 Å². The van der Waals surface area contributed by atoms with Gasteiger partial charge >= 0.3 is 0 Å². The Hall–Kier alpha value is -1.48. The van der Waals surface area contributed by atoms with E-state index in [9.17, 15) is 0 Å². The molecular formula is C11H11N3. The number of hydrogen-bond acceptors (Lipinski definition) is 3. The Balaban J connectivity index is 2.27. The van der Waals surface area contributed by atoms with Gasteiger partial charge in [0.25, 0.3) is 0 Å². The van der Waals surface area contributed by atoms with Crippen molar-refractivity contribution in [2.75, 3.05) is 6.54 Å². The fourth-order valence-electron chi connectivity index (χ4n) is 1.83. The number of hydrogen-bond donors (Lipinski definition) is 1. The normalized spacial score (nSPS) is 15.4. The minimum Gasteiger partial charge on any atom is -0.311 e. The molecule has 0 amide bonds. The average Bonchev–Trinajstić information content (AvgIpc) is 2.26. The van der Waals surface area contributed by atoms with Crippen molar-refractivity contribution in [1.29, 1.82) is 0 Å². The van der Waals surface area contributed by atoms with Crippen LogP contribution >= 0.6 is 0 Å². The first-order chi connectivity index (χ1) is 6.93. The largest absolute Gasteiger partial charge is 0.311 e. The second-order valence-electron chi connectivity index (χ2n) is 3.53. The van der Waals surface area contributed by atoms with Gasteiger partial charge in [0.05, 0.1) is 22.4 Å². The van der Waals surface area contributed by atoms with E-state index in [2.05, 4.69) is 15.3 Å². The van der Waals surface area contributed by atoms with E-state index in [1.165, 1.54) is 0 Å². The summed E-state index contributed by atoms with van der Waals surface area (Å²) in [5.41, 5.74) is 4.26. The summed E-state index contributed by atoms with van der Waals surface area (Å²) in [7, 11) is 0. The second-order valence-corrected chi connectivity index (χ2v) is 3.53. The van der Waals surface area contributed by atoms with Crippen LogP contribution < -0.4 is 5.32 Å². The highest BCUT2D eigenvalue weighted by atomic mass is 14.9. The Kier molecular flexibility index (Phi) is 1.70. The Bertz CT molecular complexity index is 434. The SMILES string of the molecule is c1ccc2nc3c(nc2c1)CCNC3. The van der Waals surface area contributed by atoms with Crippen LogP contribution in [0, 0.1) is 0 Å². The molecule has 0 spiro atoms. The third kappa shape index (κ3) is 1.17. The molecule has 0 bridgehead atoms. The minimum absolute atomic E-state index is 0.854. The van der Waals surface area contributed by atoms with Crippen LogP contribution in [0.25, 0.3) is 11.0 Å². The molecule has 2 aromatic rings. The summed E-state index contributed by atoms with van der Waals surface area (Å²) in [5.74, 6) is 0. The average molecular weight is 185 g/mol. The van der Waals surface area contributed by atoms with Gasteiger partial charge in [-0.15, -0.1) is 0 Å². The van der Waals surface area contributed by atoms with Crippen molar-refractivity contribution in [2.24, 2.45) is 0 Å². The maximum absolute atomic E-state index is 4.61. The van der Waals surface area contributed by atoms with Gasteiger partial charge in [-0.3, -0.25) is 0 Å². The minimum atomic E-state index is 0.854. The molecule has 14 heavy (non-hydrogen) atoms.